The molecule has 6 nitrogen and oxygen atoms in total. The van der Waals surface area contributed by atoms with Gasteiger partial charge >= 0.3 is 5.97 Å². The van der Waals surface area contributed by atoms with Gasteiger partial charge in [0.15, 0.2) is 5.78 Å². The Morgan fingerprint density at radius 1 is 1.33 bits per heavy atom. The van der Waals surface area contributed by atoms with Gasteiger partial charge in [0.2, 0.25) is 0 Å². The summed E-state index contributed by atoms with van der Waals surface area (Å²) in [5, 5.41) is 10.7. The van der Waals surface area contributed by atoms with Crippen LogP contribution in [0, 0.1) is 17.0 Å². The van der Waals surface area contributed by atoms with Gasteiger partial charge in [-0.15, -0.1) is 0 Å². The first kappa shape index (κ1) is 13.6. The number of rotatable bonds is 4. The van der Waals surface area contributed by atoms with Gasteiger partial charge in [-0.3, -0.25) is 14.9 Å². The molecule has 0 aliphatic heterocycles. The molecule has 1 aromatic carbocycles. The summed E-state index contributed by atoms with van der Waals surface area (Å²) in [6, 6.07) is 4.13. The third kappa shape index (κ3) is 3.24. The average Bonchev–Trinajstić information content (AvgIpc) is 2.35. The lowest BCUT2D eigenvalue weighted by atomic mass is 10.1. The SMILES string of the molecule is COC(=O)C=CC(=O)c1ccc(C)c([N+](=O)[O-])c1. The number of ketones is 1. The molecule has 0 fully saturated rings. The van der Waals surface area contributed by atoms with Crippen LogP contribution < -0.4 is 0 Å². The van der Waals surface area contributed by atoms with Crippen LogP contribution in [0.5, 0.6) is 0 Å². The van der Waals surface area contributed by atoms with Gasteiger partial charge in [-0.1, -0.05) is 12.1 Å². The summed E-state index contributed by atoms with van der Waals surface area (Å²) in [5.41, 5.74) is 0.480. The molecule has 0 aliphatic rings. The van der Waals surface area contributed by atoms with Crippen molar-refractivity contribution < 1.29 is 19.2 Å². The summed E-state index contributed by atoms with van der Waals surface area (Å²) in [6.45, 7) is 1.58. The largest absolute Gasteiger partial charge is 0.466 e. The Hall–Kier alpha value is -2.50. The van der Waals surface area contributed by atoms with E-state index >= 15 is 0 Å². The Balaban J connectivity index is 3.01. The van der Waals surface area contributed by atoms with Crippen molar-refractivity contribution in [3.8, 4) is 0 Å². The van der Waals surface area contributed by atoms with Crippen molar-refractivity contribution >= 4 is 17.4 Å². The van der Waals surface area contributed by atoms with E-state index < -0.39 is 16.7 Å². The standard InChI is InChI=1S/C12H11NO5/c1-8-3-4-9(7-10(8)13(16)17)11(14)5-6-12(15)18-2/h3-7H,1-2H3. The molecule has 0 bridgehead atoms. The molecule has 0 N–H and O–H groups in total. The summed E-state index contributed by atoms with van der Waals surface area (Å²) in [4.78, 5) is 32.6. The second-order valence-electron chi connectivity index (χ2n) is 3.48. The highest BCUT2D eigenvalue weighted by Gasteiger charge is 2.13. The van der Waals surface area contributed by atoms with Gasteiger partial charge in [0, 0.05) is 23.3 Å². The highest BCUT2D eigenvalue weighted by Crippen LogP contribution is 2.19. The number of methoxy groups -OCH3 is 1. The van der Waals surface area contributed by atoms with Crippen LogP contribution >= 0.6 is 0 Å². The Bertz CT molecular complexity index is 533. The smallest absolute Gasteiger partial charge is 0.330 e. The number of ether oxygens (including phenoxy) is 1. The second kappa shape index (κ2) is 5.72. The molecule has 0 aliphatic carbocycles. The molecular formula is C12H11NO5. The lowest BCUT2D eigenvalue weighted by Gasteiger charge is -1.99. The first-order valence-electron chi connectivity index (χ1n) is 5.01. The number of nitro benzene ring substituents is 1. The van der Waals surface area contributed by atoms with Gasteiger partial charge in [0.1, 0.15) is 0 Å². The van der Waals surface area contributed by atoms with Crippen molar-refractivity contribution in [3.63, 3.8) is 0 Å². The number of nitrogens with zero attached hydrogens (tertiary/aromatic N) is 1. The van der Waals surface area contributed by atoms with E-state index in [0.717, 1.165) is 12.2 Å². The lowest BCUT2D eigenvalue weighted by Crippen LogP contribution is -2.00. The minimum atomic E-state index is -0.662. The molecule has 6 heteroatoms. The zero-order valence-corrected chi connectivity index (χ0v) is 9.88. The number of hydrogen-bond donors (Lipinski definition) is 0. The fourth-order valence-corrected chi connectivity index (χ4v) is 1.27. The van der Waals surface area contributed by atoms with Crippen LogP contribution in [0.3, 0.4) is 0 Å². The molecule has 0 aromatic heterocycles. The van der Waals surface area contributed by atoms with E-state index in [4.69, 9.17) is 0 Å². The van der Waals surface area contributed by atoms with Gasteiger partial charge in [-0.25, -0.2) is 4.79 Å². The number of aryl methyl sites for hydroxylation is 1. The molecule has 94 valence electrons. The van der Waals surface area contributed by atoms with E-state index in [1.54, 1.807) is 6.92 Å². The van der Waals surface area contributed by atoms with Gasteiger partial charge in [0.25, 0.3) is 5.69 Å². The molecule has 0 atom stereocenters. The average molecular weight is 249 g/mol. The molecule has 18 heavy (non-hydrogen) atoms. The molecule has 0 saturated heterocycles. The highest BCUT2D eigenvalue weighted by atomic mass is 16.6. The van der Waals surface area contributed by atoms with E-state index in [-0.39, 0.29) is 11.3 Å². The number of carbonyl (C=O) groups excluding carboxylic acids is 2. The van der Waals surface area contributed by atoms with Crippen LogP contribution in [-0.2, 0) is 9.53 Å². The highest BCUT2D eigenvalue weighted by molar-refractivity contribution is 6.07. The first-order valence-corrected chi connectivity index (χ1v) is 5.01. The van der Waals surface area contributed by atoms with E-state index in [1.165, 1.54) is 25.3 Å². The van der Waals surface area contributed by atoms with Crippen molar-refractivity contribution in [1.82, 2.24) is 0 Å². The molecular weight excluding hydrogens is 238 g/mol. The minimum absolute atomic E-state index is 0.132. The summed E-state index contributed by atoms with van der Waals surface area (Å²) in [6.07, 6.45) is 1.98. The number of benzene rings is 1. The van der Waals surface area contributed by atoms with Crippen molar-refractivity contribution in [1.29, 1.82) is 0 Å². The van der Waals surface area contributed by atoms with Crippen LogP contribution in [0.1, 0.15) is 15.9 Å². The molecule has 0 radical (unpaired) electrons. The fourth-order valence-electron chi connectivity index (χ4n) is 1.27. The first-order chi connectivity index (χ1) is 8.45. The fraction of sp³-hybridized carbons (Fsp3) is 0.167. The number of esters is 1. The van der Waals surface area contributed by atoms with Crippen LogP contribution in [0.25, 0.3) is 0 Å². The van der Waals surface area contributed by atoms with E-state index in [2.05, 4.69) is 4.74 Å². The summed E-state index contributed by atoms with van der Waals surface area (Å²) in [5.74, 6) is -1.16. The van der Waals surface area contributed by atoms with E-state index in [0.29, 0.717) is 5.56 Å². The third-order valence-corrected chi connectivity index (χ3v) is 2.26. The van der Waals surface area contributed by atoms with Crippen LogP contribution in [-0.4, -0.2) is 23.8 Å². The zero-order chi connectivity index (χ0) is 13.7. The maximum Gasteiger partial charge on any atom is 0.330 e. The Morgan fingerprint density at radius 3 is 2.56 bits per heavy atom. The van der Waals surface area contributed by atoms with Crippen molar-refractivity contribution in [2.24, 2.45) is 0 Å². The van der Waals surface area contributed by atoms with Gasteiger partial charge < -0.3 is 4.74 Å². The van der Waals surface area contributed by atoms with E-state index in [9.17, 15) is 19.7 Å². The lowest BCUT2D eigenvalue weighted by molar-refractivity contribution is -0.385. The van der Waals surface area contributed by atoms with Crippen LogP contribution in [0.15, 0.2) is 30.4 Å². The molecule has 0 heterocycles. The zero-order valence-electron chi connectivity index (χ0n) is 9.88. The maximum absolute atomic E-state index is 11.6. The van der Waals surface area contributed by atoms with Crippen molar-refractivity contribution in [3.05, 3.63) is 51.6 Å². The van der Waals surface area contributed by atoms with Gasteiger partial charge in [-0.2, -0.15) is 0 Å². The predicted molar refractivity (Wildman–Crippen MR) is 63.3 cm³/mol. The molecule has 1 aromatic rings. The molecule has 1 rings (SSSR count). The van der Waals surface area contributed by atoms with Crippen LogP contribution in [0.4, 0.5) is 5.69 Å². The third-order valence-electron chi connectivity index (χ3n) is 2.26. The predicted octanol–water partition coefficient (Wildman–Crippen LogP) is 1.82. The van der Waals surface area contributed by atoms with Gasteiger partial charge in [-0.05, 0) is 13.0 Å². The molecule has 0 amide bonds. The minimum Gasteiger partial charge on any atom is -0.466 e. The molecule has 0 saturated carbocycles. The quantitative estimate of drug-likeness (QED) is 0.267. The summed E-state index contributed by atoms with van der Waals surface area (Å²) >= 11 is 0. The van der Waals surface area contributed by atoms with E-state index in [1.807, 2.05) is 0 Å². The number of hydrogen-bond acceptors (Lipinski definition) is 5. The summed E-state index contributed by atoms with van der Waals surface area (Å²) < 4.78 is 4.33. The number of allylic oxidation sites excluding steroid dienone is 1. The Kier molecular flexibility index (Phi) is 4.31. The number of carbonyl (C=O) groups is 2. The topological polar surface area (TPSA) is 86.5 Å². The second-order valence-corrected chi connectivity index (χ2v) is 3.48. The maximum atomic E-state index is 11.6. The van der Waals surface area contributed by atoms with Gasteiger partial charge in [0.05, 0.1) is 12.0 Å². The van der Waals surface area contributed by atoms with Crippen LogP contribution in [0.2, 0.25) is 0 Å². The monoisotopic (exact) mass is 249 g/mol. The normalized spacial score (nSPS) is 10.3. The Labute approximate surface area is 103 Å². The number of nitro groups is 1. The summed E-state index contributed by atoms with van der Waals surface area (Å²) in [7, 11) is 1.19. The van der Waals surface area contributed by atoms with Crippen molar-refractivity contribution in [2.75, 3.05) is 7.11 Å². The van der Waals surface area contributed by atoms with Crippen molar-refractivity contribution in [2.45, 2.75) is 6.92 Å². The Morgan fingerprint density at radius 2 is 2.00 bits per heavy atom. The molecule has 0 spiro atoms. The molecule has 0 unspecified atom stereocenters.